The minimum atomic E-state index is -0.355. The van der Waals surface area contributed by atoms with E-state index in [4.69, 9.17) is 11.6 Å². The lowest BCUT2D eigenvalue weighted by atomic mass is 10.2. The summed E-state index contributed by atoms with van der Waals surface area (Å²) < 4.78 is 1.71. The number of pyridine rings is 1. The van der Waals surface area contributed by atoms with Crippen LogP contribution in [0.4, 0.5) is 0 Å². The maximum atomic E-state index is 11.4. The van der Waals surface area contributed by atoms with Crippen LogP contribution < -0.4 is 5.56 Å². The lowest BCUT2D eigenvalue weighted by Gasteiger charge is -1.98. The van der Waals surface area contributed by atoms with Crippen molar-refractivity contribution in [1.29, 1.82) is 0 Å². The Morgan fingerprint density at radius 1 is 1.29 bits per heavy atom. The van der Waals surface area contributed by atoms with Gasteiger partial charge in [0.1, 0.15) is 10.8 Å². The zero-order valence-corrected chi connectivity index (χ0v) is 9.35. The van der Waals surface area contributed by atoms with Gasteiger partial charge in [-0.15, -0.1) is 0 Å². The summed E-state index contributed by atoms with van der Waals surface area (Å²) in [7, 11) is 0. The highest BCUT2D eigenvalue weighted by Gasteiger charge is 2.08. The first kappa shape index (κ1) is 10.0. The van der Waals surface area contributed by atoms with Gasteiger partial charge in [-0.25, -0.2) is 9.50 Å². The summed E-state index contributed by atoms with van der Waals surface area (Å²) in [6, 6.07) is 5.67. The van der Waals surface area contributed by atoms with Crippen molar-refractivity contribution in [3.05, 3.63) is 52.2 Å². The fraction of sp³-hybridized carbons (Fsp3) is 0. The maximum absolute atomic E-state index is 11.4. The smallest absolute Gasteiger partial charge is 0.269 e. The Kier molecular flexibility index (Phi) is 2.19. The molecule has 0 atom stereocenters. The topological polar surface area (TPSA) is 63.0 Å². The average Bonchev–Trinajstić information content (AvgIpc) is 2.76. The van der Waals surface area contributed by atoms with E-state index < -0.39 is 0 Å². The molecule has 3 aromatic heterocycles. The molecular weight excluding hydrogens is 240 g/mol. The minimum absolute atomic E-state index is 0.0743. The van der Waals surface area contributed by atoms with E-state index in [0.717, 1.165) is 11.1 Å². The van der Waals surface area contributed by atoms with Crippen LogP contribution in [0.3, 0.4) is 0 Å². The van der Waals surface area contributed by atoms with E-state index >= 15 is 0 Å². The fourth-order valence-electron chi connectivity index (χ4n) is 1.63. The molecule has 0 aromatic carbocycles. The quantitative estimate of drug-likeness (QED) is 0.711. The molecular formula is C11H7ClN4O. The summed E-state index contributed by atoms with van der Waals surface area (Å²) in [5, 5.41) is 4.24. The van der Waals surface area contributed by atoms with Crippen LogP contribution in [0.5, 0.6) is 0 Å². The van der Waals surface area contributed by atoms with E-state index in [9.17, 15) is 4.79 Å². The van der Waals surface area contributed by atoms with Gasteiger partial charge in [0.25, 0.3) is 5.56 Å². The first-order chi connectivity index (χ1) is 8.25. The molecule has 3 heterocycles. The Morgan fingerprint density at radius 2 is 2.18 bits per heavy atom. The van der Waals surface area contributed by atoms with Crippen molar-refractivity contribution in [2.75, 3.05) is 0 Å². The van der Waals surface area contributed by atoms with Gasteiger partial charge in [-0.1, -0.05) is 17.7 Å². The van der Waals surface area contributed by atoms with Gasteiger partial charge in [-0.3, -0.25) is 4.79 Å². The lowest BCUT2D eigenvalue weighted by Crippen LogP contribution is -2.08. The SMILES string of the molecule is O=c1[nH]c(-c2cnn3ccccc23)ncc1Cl. The lowest BCUT2D eigenvalue weighted by molar-refractivity contribution is 0.961. The summed E-state index contributed by atoms with van der Waals surface area (Å²) in [6.45, 7) is 0. The van der Waals surface area contributed by atoms with Crippen molar-refractivity contribution in [3.63, 3.8) is 0 Å². The van der Waals surface area contributed by atoms with Gasteiger partial charge in [0, 0.05) is 6.20 Å². The van der Waals surface area contributed by atoms with Crippen molar-refractivity contribution in [1.82, 2.24) is 19.6 Å². The molecule has 0 radical (unpaired) electrons. The number of fused-ring (bicyclic) bond motifs is 1. The number of nitrogens with zero attached hydrogens (tertiary/aromatic N) is 3. The molecule has 0 bridgehead atoms. The standard InChI is InChI=1S/C11H7ClN4O/c12-8-6-13-10(15-11(8)17)7-5-14-16-4-2-1-3-9(7)16/h1-6H,(H,13,15,17). The molecule has 0 aliphatic carbocycles. The van der Waals surface area contributed by atoms with Gasteiger partial charge in [0.2, 0.25) is 0 Å². The Morgan fingerprint density at radius 3 is 3.00 bits per heavy atom. The fourth-order valence-corrected chi connectivity index (χ4v) is 1.73. The van der Waals surface area contributed by atoms with E-state index in [2.05, 4.69) is 15.1 Å². The van der Waals surface area contributed by atoms with Crippen LogP contribution in [-0.2, 0) is 0 Å². The summed E-state index contributed by atoms with van der Waals surface area (Å²) in [5.74, 6) is 0.459. The third kappa shape index (κ3) is 1.60. The minimum Gasteiger partial charge on any atom is -0.305 e. The molecule has 0 aliphatic rings. The number of aromatic amines is 1. The average molecular weight is 247 g/mol. The molecule has 0 saturated heterocycles. The van der Waals surface area contributed by atoms with E-state index in [1.165, 1.54) is 6.20 Å². The summed E-state index contributed by atoms with van der Waals surface area (Å²) in [6.07, 6.45) is 4.82. The molecule has 0 saturated carbocycles. The zero-order chi connectivity index (χ0) is 11.8. The molecule has 1 N–H and O–H groups in total. The van der Waals surface area contributed by atoms with Gasteiger partial charge in [0.05, 0.1) is 23.5 Å². The van der Waals surface area contributed by atoms with Crippen molar-refractivity contribution >= 4 is 17.1 Å². The molecule has 5 nitrogen and oxygen atoms in total. The molecule has 0 aliphatic heterocycles. The van der Waals surface area contributed by atoms with E-state index in [-0.39, 0.29) is 10.6 Å². The Balaban J connectivity index is 2.27. The number of halogens is 1. The monoisotopic (exact) mass is 246 g/mol. The molecule has 0 spiro atoms. The molecule has 17 heavy (non-hydrogen) atoms. The second-order valence-electron chi connectivity index (χ2n) is 3.50. The van der Waals surface area contributed by atoms with Crippen LogP contribution in [0.25, 0.3) is 16.9 Å². The Bertz CT molecular complexity index is 746. The van der Waals surface area contributed by atoms with Crippen LogP contribution in [0.1, 0.15) is 0 Å². The Hall–Kier alpha value is -2.14. The number of aromatic nitrogens is 4. The first-order valence-corrected chi connectivity index (χ1v) is 5.31. The van der Waals surface area contributed by atoms with Gasteiger partial charge in [-0.05, 0) is 12.1 Å². The van der Waals surface area contributed by atoms with Crippen molar-refractivity contribution in [2.24, 2.45) is 0 Å². The molecule has 0 amide bonds. The molecule has 6 heteroatoms. The predicted octanol–water partition coefficient (Wildman–Crippen LogP) is 1.74. The van der Waals surface area contributed by atoms with E-state index in [0.29, 0.717) is 5.82 Å². The molecule has 0 fully saturated rings. The van der Waals surface area contributed by atoms with Gasteiger partial charge >= 0.3 is 0 Å². The third-order valence-electron chi connectivity index (χ3n) is 2.44. The first-order valence-electron chi connectivity index (χ1n) is 4.93. The van der Waals surface area contributed by atoms with Crippen molar-refractivity contribution in [2.45, 2.75) is 0 Å². The molecule has 84 valence electrons. The highest BCUT2D eigenvalue weighted by Crippen LogP contribution is 2.19. The number of rotatable bonds is 1. The molecule has 3 aromatic rings. The van der Waals surface area contributed by atoms with Gasteiger partial charge < -0.3 is 4.98 Å². The van der Waals surface area contributed by atoms with Crippen LogP contribution >= 0.6 is 11.6 Å². The second-order valence-corrected chi connectivity index (χ2v) is 3.90. The Labute approximate surface area is 101 Å². The summed E-state index contributed by atoms with van der Waals surface area (Å²) in [5.41, 5.74) is 1.28. The van der Waals surface area contributed by atoms with E-state index in [1.807, 2.05) is 24.4 Å². The molecule has 3 rings (SSSR count). The predicted molar refractivity (Wildman–Crippen MR) is 64.1 cm³/mol. The van der Waals surface area contributed by atoms with E-state index in [1.54, 1.807) is 10.7 Å². The highest BCUT2D eigenvalue weighted by atomic mass is 35.5. The van der Waals surface area contributed by atoms with Crippen LogP contribution in [0.2, 0.25) is 5.02 Å². The van der Waals surface area contributed by atoms with Crippen molar-refractivity contribution < 1.29 is 0 Å². The van der Waals surface area contributed by atoms with Crippen LogP contribution in [-0.4, -0.2) is 19.6 Å². The normalized spacial score (nSPS) is 10.9. The number of hydrogen-bond acceptors (Lipinski definition) is 3. The van der Waals surface area contributed by atoms with Crippen molar-refractivity contribution in [3.8, 4) is 11.4 Å². The van der Waals surface area contributed by atoms with Gasteiger partial charge in [-0.2, -0.15) is 5.10 Å². The zero-order valence-electron chi connectivity index (χ0n) is 8.59. The number of hydrogen-bond donors (Lipinski definition) is 1. The van der Waals surface area contributed by atoms with Crippen LogP contribution in [0.15, 0.2) is 41.6 Å². The summed E-state index contributed by atoms with van der Waals surface area (Å²) >= 11 is 5.63. The maximum Gasteiger partial charge on any atom is 0.269 e. The summed E-state index contributed by atoms with van der Waals surface area (Å²) in [4.78, 5) is 18.1. The largest absolute Gasteiger partial charge is 0.305 e. The second kappa shape index (κ2) is 3.71. The van der Waals surface area contributed by atoms with Gasteiger partial charge in [0.15, 0.2) is 0 Å². The van der Waals surface area contributed by atoms with Crippen LogP contribution in [0, 0.1) is 0 Å². The number of H-pyrrole nitrogens is 1. The third-order valence-corrected chi connectivity index (χ3v) is 2.71. The highest BCUT2D eigenvalue weighted by molar-refractivity contribution is 6.30. The number of nitrogens with one attached hydrogen (secondary N) is 1. The molecule has 0 unspecified atom stereocenters.